The first kappa shape index (κ1) is 12.8. The highest BCUT2D eigenvalue weighted by Crippen LogP contribution is 2.37. The van der Waals surface area contributed by atoms with Gasteiger partial charge in [-0.15, -0.1) is 0 Å². The number of nitrogens with one attached hydrogen (secondary N) is 1. The predicted octanol–water partition coefficient (Wildman–Crippen LogP) is 1.68. The van der Waals surface area contributed by atoms with Crippen LogP contribution in [0.15, 0.2) is 0 Å². The summed E-state index contributed by atoms with van der Waals surface area (Å²) >= 11 is 0. The van der Waals surface area contributed by atoms with Crippen LogP contribution >= 0.6 is 0 Å². The molecule has 0 radical (unpaired) electrons. The second kappa shape index (κ2) is 5.72. The first-order chi connectivity index (χ1) is 7.09. The predicted molar refractivity (Wildman–Crippen MR) is 54.5 cm³/mol. The maximum absolute atomic E-state index is 12.9. The van der Waals surface area contributed by atoms with E-state index in [4.69, 9.17) is 10.6 Å². The molecule has 5 heteroatoms. The largest absolute Gasteiger partial charge is 0.380 e. The van der Waals surface area contributed by atoms with E-state index >= 15 is 0 Å². The summed E-state index contributed by atoms with van der Waals surface area (Å²) in [4.78, 5) is 0. The molecule has 0 amide bonds. The molecule has 0 aromatic heterocycles. The smallest absolute Gasteiger partial charge is 0.248 e. The van der Waals surface area contributed by atoms with E-state index < -0.39 is 5.92 Å². The van der Waals surface area contributed by atoms with Crippen molar-refractivity contribution in [3.8, 4) is 0 Å². The summed E-state index contributed by atoms with van der Waals surface area (Å²) < 4.78 is 31.1. The lowest BCUT2D eigenvalue weighted by Gasteiger charge is -2.33. The van der Waals surface area contributed by atoms with Gasteiger partial charge in [-0.3, -0.25) is 11.3 Å². The molecule has 3 nitrogen and oxygen atoms in total. The minimum Gasteiger partial charge on any atom is -0.380 e. The van der Waals surface area contributed by atoms with Crippen molar-refractivity contribution in [2.75, 3.05) is 13.2 Å². The third kappa shape index (κ3) is 4.01. The lowest BCUT2D eigenvalue weighted by molar-refractivity contribution is -0.0534. The van der Waals surface area contributed by atoms with Gasteiger partial charge in [0.2, 0.25) is 5.92 Å². The Morgan fingerprint density at radius 2 is 2.07 bits per heavy atom. The van der Waals surface area contributed by atoms with Crippen LogP contribution in [0.25, 0.3) is 0 Å². The maximum atomic E-state index is 12.9. The van der Waals surface area contributed by atoms with Gasteiger partial charge in [-0.05, 0) is 25.7 Å². The van der Waals surface area contributed by atoms with Crippen LogP contribution in [0, 0.1) is 5.92 Å². The lowest BCUT2D eigenvalue weighted by Crippen LogP contribution is -2.46. The molecular formula is C10H20F2N2O. The number of halogens is 2. The highest BCUT2D eigenvalue weighted by molar-refractivity contribution is 4.83. The van der Waals surface area contributed by atoms with Gasteiger partial charge in [0.1, 0.15) is 0 Å². The number of ether oxygens (including phenoxy) is 1. The second-order valence-corrected chi connectivity index (χ2v) is 4.13. The van der Waals surface area contributed by atoms with Gasteiger partial charge < -0.3 is 4.74 Å². The number of alkyl halides is 2. The van der Waals surface area contributed by atoms with Crippen LogP contribution in [0.5, 0.6) is 0 Å². The van der Waals surface area contributed by atoms with Crippen molar-refractivity contribution < 1.29 is 13.5 Å². The van der Waals surface area contributed by atoms with E-state index in [1.807, 2.05) is 6.92 Å². The average Bonchev–Trinajstić information content (AvgIpc) is 2.21. The molecule has 15 heavy (non-hydrogen) atoms. The zero-order valence-electron chi connectivity index (χ0n) is 9.14. The van der Waals surface area contributed by atoms with E-state index in [-0.39, 0.29) is 24.8 Å². The van der Waals surface area contributed by atoms with Gasteiger partial charge in [0.15, 0.2) is 0 Å². The van der Waals surface area contributed by atoms with Gasteiger partial charge in [0.25, 0.3) is 0 Å². The molecule has 3 N–H and O–H groups in total. The molecule has 1 fully saturated rings. The Balaban J connectivity index is 2.35. The minimum absolute atomic E-state index is 0.000972. The Morgan fingerprint density at radius 3 is 2.53 bits per heavy atom. The second-order valence-electron chi connectivity index (χ2n) is 4.13. The summed E-state index contributed by atoms with van der Waals surface area (Å²) in [5, 5.41) is 0. The van der Waals surface area contributed by atoms with E-state index in [9.17, 15) is 8.78 Å². The molecule has 0 spiro atoms. The third-order valence-electron chi connectivity index (χ3n) is 3.05. The van der Waals surface area contributed by atoms with E-state index in [1.165, 1.54) is 0 Å². The summed E-state index contributed by atoms with van der Waals surface area (Å²) in [5.74, 6) is 3.13. The van der Waals surface area contributed by atoms with Crippen LogP contribution in [0.1, 0.15) is 32.6 Å². The first-order valence-corrected chi connectivity index (χ1v) is 5.50. The Bertz CT molecular complexity index is 180. The van der Waals surface area contributed by atoms with Crippen LogP contribution in [-0.2, 0) is 4.74 Å². The van der Waals surface area contributed by atoms with Gasteiger partial charge in [-0.25, -0.2) is 8.78 Å². The first-order valence-electron chi connectivity index (χ1n) is 5.50. The highest BCUT2D eigenvalue weighted by Gasteiger charge is 2.37. The molecule has 1 saturated carbocycles. The van der Waals surface area contributed by atoms with Crippen LogP contribution in [0.2, 0.25) is 0 Å². The van der Waals surface area contributed by atoms with Crippen molar-refractivity contribution in [2.24, 2.45) is 11.8 Å². The van der Waals surface area contributed by atoms with E-state index in [0.29, 0.717) is 26.1 Å². The molecule has 90 valence electrons. The Hall–Kier alpha value is -0.260. The van der Waals surface area contributed by atoms with Gasteiger partial charge in [-0.2, -0.15) is 0 Å². The van der Waals surface area contributed by atoms with Crippen LogP contribution in [-0.4, -0.2) is 25.2 Å². The molecule has 1 atom stereocenters. The molecule has 1 unspecified atom stereocenters. The Labute approximate surface area is 89.3 Å². The topological polar surface area (TPSA) is 47.3 Å². The summed E-state index contributed by atoms with van der Waals surface area (Å²) in [7, 11) is 0. The fourth-order valence-electron chi connectivity index (χ4n) is 2.03. The number of hydrogen-bond acceptors (Lipinski definition) is 3. The molecule has 0 aromatic rings. The molecule has 1 aliphatic rings. The van der Waals surface area contributed by atoms with Crippen molar-refractivity contribution >= 4 is 0 Å². The zero-order chi connectivity index (χ0) is 11.3. The summed E-state index contributed by atoms with van der Waals surface area (Å²) in [5.41, 5.74) is 2.66. The van der Waals surface area contributed by atoms with Gasteiger partial charge in [0, 0.05) is 25.5 Å². The van der Waals surface area contributed by atoms with Gasteiger partial charge in [0.05, 0.1) is 6.61 Å². The van der Waals surface area contributed by atoms with Crippen LogP contribution in [0.4, 0.5) is 8.78 Å². The molecule has 0 aromatic carbocycles. The molecule has 0 bridgehead atoms. The Morgan fingerprint density at radius 1 is 1.47 bits per heavy atom. The number of rotatable bonds is 5. The van der Waals surface area contributed by atoms with Gasteiger partial charge in [-0.1, -0.05) is 0 Å². The van der Waals surface area contributed by atoms with Crippen molar-refractivity contribution in [2.45, 2.75) is 44.6 Å². The normalized spacial score (nSPS) is 24.0. The molecule has 0 heterocycles. The van der Waals surface area contributed by atoms with E-state index in [1.54, 1.807) is 0 Å². The molecule has 1 rings (SSSR count). The standard InChI is InChI=1S/C10H20F2N2O/c1-2-15-7-9(14-13)8-3-5-10(11,12)6-4-8/h8-9,14H,2-7,13H2,1H3. The van der Waals surface area contributed by atoms with Crippen molar-refractivity contribution in [3.63, 3.8) is 0 Å². The number of hydrazine groups is 1. The summed E-state index contributed by atoms with van der Waals surface area (Å²) in [6.07, 6.45) is 0.994. The van der Waals surface area contributed by atoms with E-state index in [2.05, 4.69) is 5.43 Å². The van der Waals surface area contributed by atoms with Crippen LogP contribution < -0.4 is 11.3 Å². The number of hydrogen-bond donors (Lipinski definition) is 2. The zero-order valence-corrected chi connectivity index (χ0v) is 9.14. The summed E-state index contributed by atoms with van der Waals surface area (Å²) in [6, 6.07) is 0.000972. The number of nitrogens with two attached hydrogens (primary N) is 1. The minimum atomic E-state index is -2.47. The SMILES string of the molecule is CCOCC(NN)C1CCC(F)(F)CC1. The van der Waals surface area contributed by atoms with Crippen molar-refractivity contribution in [1.82, 2.24) is 5.43 Å². The van der Waals surface area contributed by atoms with E-state index in [0.717, 1.165) is 0 Å². The molecular weight excluding hydrogens is 202 g/mol. The fourth-order valence-corrected chi connectivity index (χ4v) is 2.03. The van der Waals surface area contributed by atoms with Crippen LogP contribution in [0.3, 0.4) is 0 Å². The lowest BCUT2D eigenvalue weighted by atomic mass is 9.82. The third-order valence-corrected chi connectivity index (χ3v) is 3.05. The molecule has 0 aliphatic heterocycles. The summed E-state index contributed by atoms with van der Waals surface area (Å²) in [6.45, 7) is 3.03. The highest BCUT2D eigenvalue weighted by atomic mass is 19.3. The van der Waals surface area contributed by atoms with Crippen molar-refractivity contribution in [1.29, 1.82) is 0 Å². The fraction of sp³-hybridized carbons (Fsp3) is 1.00. The molecule has 0 saturated heterocycles. The molecule has 1 aliphatic carbocycles. The maximum Gasteiger partial charge on any atom is 0.248 e. The monoisotopic (exact) mass is 222 g/mol. The average molecular weight is 222 g/mol. The van der Waals surface area contributed by atoms with Gasteiger partial charge >= 0.3 is 0 Å². The quantitative estimate of drug-likeness (QED) is 0.549. The Kier molecular flexibility index (Phi) is 4.89. The van der Waals surface area contributed by atoms with Crippen molar-refractivity contribution in [3.05, 3.63) is 0 Å².